The van der Waals surface area contributed by atoms with E-state index in [0.29, 0.717) is 30.3 Å². The number of hydrogen-bond donors (Lipinski definition) is 3. The molecule has 0 bridgehead atoms. The lowest BCUT2D eigenvalue weighted by Crippen LogP contribution is -2.41. The summed E-state index contributed by atoms with van der Waals surface area (Å²) in [6.07, 6.45) is -0.583. The van der Waals surface area contributed by atoms with E-state index in [1.165, 1.54) is 0 Å². The van der Waals surface area contributed by atoms with E-state index in [2.05, 4.69) is 4.98 Å². The number of aromatic amines is 1. The van der Waals surface area contributed by atoms with Crippen LogP contribution in [0.2, 0.25) is 5.02 Å². The number of aliphatic hydroxyl groups is 2. The number of halogens is 1. The van der Waals surface area contributed by atoms with Crippen LogP contribution in [-0.2, 0) is 11.2 Å². The van der Waals surface area contributed by atoms with E-state index in [9.17, 15) is 9.90 Å². The Morgan fingerprint density at radius 2 is 1.97 bits per heavy atom. The molecule has 0 fully saturated rings. The molecule has 1 aliphatic heterocycles. The van der Waals surface area contributed by atoms with Gasteiger partial charge in [-0.05, 0) is 53.8 Å². The fraction of sp³-hybridized carbons (Fsp3) is 0.400. The quantitative estimate of drug-likeness (QED) is 0.476. The Labute approximate surface area is 197 Å². The highest BCUT2D eigenvalue weighted by molar-refractivity contribution is 6.31. The number of aromatic nitrogens is 1. The maximum Gasteiger partial charge on any atom is 0.410 e. The third-order valence-corrected chi connectivity index (χ3v) is 5.95. The molecule has 0 radical (unpaired) electrons. The highest BCUT2D eigenvalue weighted by Crippen LogP contribution is 2.39. The molecule has 8 heteroatoms. The van der Waals surface area contributed by atoms with Crippen LogP contribution in [-0.4, -0.2) is 58.7 Å². The monoisotopic (exact) mass is 472 g/mol. The number of ether oxygens (including phenoxy) is 2. The van der Waals surface area contributed by atoms with Crippen LogP contribution in [0.3, 0.4) is 0 Å². The van der Waals surface area contributed by atoms with E-state index in [-0.39, 0.29) is 31.3 Å². The predicted molar refractivity (Wildman–Crippen MR) is 127 cm³/mol. The van der Waals surface area contributed by atoms with Gasteiger partial charge >= 0.3 is 6.09 Å². The van der Waals surface area contributed by atoms with Crippen LogP contribution in [0.1, 0.15) is 36.7 Å². The fourth-order valence-corrected chi connectivity index (χ4v) is 4.29. The largest absolute Gasteiger partial charge is 0.491 e. The number of fused-ring (bicyclic) bond motifs is 3. The molecular weight excluding hydrogens is 444 g/mol. The Balaban J connectivity index is 1.69. The van der Waals surface area contributed by atoms with Gasteiger partial charge in [0.25, 0.3) is 0 Å². The van der Waals surface area contributed by atoms with Crippen LogP contribution in [0.25, 0.3) is 10.9 Å². The number of amides is 1. The first-order valence-corrected chi connectivity index (χ1v) is 11.5. The van der Waals surface area contributed by atoms with Gasteiger partial charge in [0.2, 0.25) is 0 Å². The summed E-state index contributed by atoms with van der Waals surface area (Å²) in [4.78, 5) is 18.3. The zero-order chi connectivity index (χ0) is 23.5. The molecule has 1 amide bonds. The molecule has 0 saturated heterocycles. The average Bonchev–Trinajstić information content (AvgIpc) is 3.18. The molecule has 3 N–H and O–H groups in total. The van der Waals surface area contributed by atoms with Crippen molar-refractivity contribution in [2.45, 2.75) is 32.4 Å². The average molecular weight is 473 g/mol. The number of aliphatic hydroxyl groups excluding tert-OH is 2. The van der Waals surface area contributed by atoms with E-state index in [0.717, 1.165) is 27.7 Å². The van der Waals surface area contributed by atoms with Crippen LogP contribution in [0.4, 0.5) is 4.79 Å². The van der Waals surface area contributed by atoms with E-state index in [1.807, 2.05) is 44.2 Å². The van der Waals surface area contributed by atoms with Crippen molar-refractivity contribution in [1.82, 2.24) is 9.88 Å². The van der Waals surface area contributed by atoms with Crippen LogP contribution < -0.4 is 4.74 Å². The standard InChI is InChI=1S/C25H29ClN2O5/c1-15(2)13-33-25(31)28-10-9-20-21-11-17(26)5-8-22(21)27-23(20)24(28)16-3-6-19(7-4-16)32-14-18(30)12-29/h3-8,11,15,18,24,27,29-30H,9-10,12-14H2,1-2H3. The highest BCUT2D eigenvalue weighted by Gasteiger charge is 2.35. The molecule has 2 aromatic carbocycles. The summed E-state index contributed by atoms with van der Waals surface area (Å²) in [5.41, 5.74) is 3.98. The SMILES string of the molecule is CC(C)COC(=O)N1CCc2c([nH]c3ccc(Cl)cc23)C1c1ccc(OCC(O)CO)cc1. The van der Waals surface area contributed by atoms with E-state index < -0.39 is 6.10 Å². The van der Waals surface area contributed by atoms with E-state index in [1.54, 1.807) is 17.0 Å². The molecule has 0 spiro atoms. The van der Waals surface area contributed by atoms with Crippen LogP contribution in [0.15, 0.2) is 42.5 Å². The van der Waals surface area contributed by atoms with Gasteiger partial charge in [-0.3, -0.25) is 4.90 Å². The zero-order valence-electron chi connectivity index (χ0n) is 18.8. The number of nitrogens with one attached hydrogen (secondary N) is 1. The molecule has 2 atom stereocenters. The molecule has 1 aromatic heterocycles. The molecule has 1 aliphatic rings. The summed E-state index contributed by atoms with van der Waals surface area (Å²) in [5, 5.41) is 20.2. The third-order valence-electron chi connectivity index (χ3n) is 5.71. The summed E-state index contributed by atoms with van der Waals surface area (Å²) in [7, 11) is 0. The molecule has 3 aromatic rings. The summed E-state index contributed by atoms with van der Waals surface area (Å²) < 4.78 is 11.1. The van der Waals surface area contributed by atoms with Gasteiger partial charge in [-0.1, -0.05) is 37.6 Å². The maximum atomic E-state index is 13.0. The van der Waals surface area contributed by atoms with Crippen molar-refractivity contribution in [3.8, 4) is 5.75 Å². The van der Waals surface area contributed by atoms with Crippen molar-refractivity contribution in [3.05, 3.63) is 64.3 Å². The summed E-state index contributed by atoms with van der Waals surface area (Å²) >= 11 is 6.26. The molecule has 7 nitrogen and oxygen atoms in total. The molecular formula is C25H29ClN2O5. The van der Waals surface area contributed by atoms with Crippen molar-refractivity contribution >= 4 is 28.6 Å². The Morgan fingerprint density at radius 3 is 2.67 bits per heavy atom. The van der Waals surface area contributed by atoms with Gasteiger partial charge in [-0.2, -0.15) is 0 Å². The van der Waals surface area contributed by atoms with Gasteiger partial charge in [0.15, 0.2) is 0 Å². The number of H-pyrrole nitrogens is 1. The Bertz CT molecular complexity index is 1110. The van der Waals surface area contributed by atoms with Gasteiger partial charge in [0, 0.05) is 28.2 Å². The molecule has 0 aliphatic carbocycles. The smallest absolute Gasteiger partial charge is 0.410 e. The molecule has 0 saturated carbocycles. The Morgan fingerprint density at radius 1 is 1.21 bits per heavy atom. The first kappa shape index (κ1) is 23.4. The van der Waals surface area contributed by atoms with Crippen molar-refractivity contribution in [2.24, 2.45) is 5.92 Å². The van der Waals surface area contributed by atoms with E-state index >= 15 is 0 Å². The molecule has 33 heavy (non-hydrogen) atoms. The Kier molecular flexibility index (Phi) is 7.12. The minimum atomic E-state index is -0.935. The fourth-order valence-electron chi connectivity index (χ4n) is 4.12. The lowest BCUT2D eigenvalue weighted by molar-refractivity contribution is 0.0536. The molecule has 2 unspecified atom stereocenters. The van der Waals surface area contributed by atoms with Crippen molar-refractivity contribution < 1.29 is 24.5 Å². The second-order valence-corrected chi connectivity index (χ2v) is 9.18. The topological polar surface area (TPSA) is 95.0 Å². The lowest BCUT2D eigenvalue weighted by atomic mass is 9.92. The number of nitrogens with zero attached hydrogens (tertiary/aromatic N) is 1. The summed E-state index contributed by atoms with van der Waals surface area (Å²) in [6.45, 7) is 4.53. The molecule has 2 heterocycles. The zero-order valence-corrected chi connectivity index (χ0v) is 19.5. The number of carbonyl (C=O) groups is 1. The number of rotatable bonds is 7. The van der Waals surface area contributed by atoms with Gasteiger partial charge in [0.1, 0.15) is 24.5 Å². The third kappa shape index (κ3) is 5.11. The lowest BCUT2D eigenvalue weighted by Gasteiger charge is -2.35. The first-order chi connectivity index (χ1) is 15.9. The first-order valence-electron chi connectivity index (χ1n) is 11.1. The van der Waals surface area contributed by atoms with Crippen LogP contribution in [0, 0.1) is 5.92 Å². The van der Waals surface area contributed by atoms with Crippen molar-refractivity contribution in [3.63, 3.8) is 0 Å². The van der Waals surface area contributed by atoms with Gasteiger partial charge in [-0.15, -0.1) is 0 Å². The normalized spacial score (nSPS) is 16.7. The minimum absolute atomic E-state index is 0.000145. The van der Waals surface area contributed by atoms with Crippen LogP contribution in [0.5, 0.6) is 5.75 Å². The number of hydrogen-bond acceptors (Lipinski definition) is 5. The van der Waals surface area contributed by atoms with Crippen molar-refractivity contribution in [1.29, 1.82) is 0 Å². The highest BCUT2D eigenvalue weighted by atomic mass is 35.5. The Hall–Kier alpha value is -2.74. The van der Waals surface area contributed by atoms with Gasteiger partial charge in [-0.25, -0.2) is 4.79 Å². The minimum Gasteiger partial charge on any atom is -0.491 e. The predicted octanol–water partition coefficient (Wildman–Crippen LogP) is 4.29. The molecule has 176 valence electrons. The summed E-state index contributed by atoms with van der Waals surface area (Å²) in [5.74, 6) is 0.813. The van der Waals surface area contributed by atoms with Crippen LogP contribution >= 0.6 is 11.6 Å². The molecule has 4 rings (SSSR count). The van der Waals surface area contributed by atoms with Gasteiger partial charge in [0.05, 0.1) is 13.2 Å². The van der Waals surface area contributed by atoms with Crippen molar-refractivity contribution in [2.75, 3.05) is 26.4 Å². The van der Waals surface area contributed by atoms with E-state index in [4.69, 9.17) is 26.2 Å². The van der Waals surface area contributed by atoms with Gasteiger partial charge < -0.3 is 24.7 Å². The summed E-state index contributed by atoms with van der Waals surface area (Å²) in [6, 6.07) is 12.8. The second kappa shape index (κ2) is 10.0. The number of carbonyl (C=O) groups excluding carboxylic acids is 1. The second-order valence-electron chi connectivity index (χ2n) is 8.74. The number of benzene rings is 2. The maximum absolute atomic E-state index is 13.0.